The highest BCUT2D eigenvalue weighted by atomic mass is 16.5. The molecule has 15 atom stereocenters. The predicted octanol–water partition coefficient (Wildman–Crippen LogP) is 6.55. The van der Waals surface area contributed by atoms with Crippen LogP contribution in [-0.2, 0) is 14.3 Å². The van der Waals surface area contributed by atoms with Crippen LogP contribution in [0.5, 0.6) is 0 Å². The first-order valence-corrected chi connectivity index (χ1v) is 24.4. The molecule has 0 amide bonds. The van der Waals surface area contributed by atoms with Gasteiger partial charge in [0, 0.05) is 44.4 Å². The Hall–Kier alpha value is -2.10. The normalized spacial score (nSPS) is 36.6. The van der Waals surface area contributed by atoms with Gasteiger partial charge in [-0.25, -0.2) is 0 Å². The summed E-state index contributed by atoms with van der Waals surface area (Å²) in [5, 5.41) is 40.0. The smallest absolute Gasteiger partial charge is 0.177 e. The van der Waals surface area contributed by atoms with E-state index < -0.39 is 18.3 Å². The van der Waals surface area contributed by atoms with Crippen molar-refractivity contribution in [3.8, 4) is 11.8 Å². The van der Waals surface area contributed by atoms with Crippen molar-refractivity contribution < 1.29 is 29.6 Å². The number of fused-ring (bicyclic) bond motifs is 2. The zero-order valence-electron chi connectivity index (χ0n) is 37.5. The molecule has 0 spiro atoms. The fourth-order valence-electron chi connectivity index (χ4n) is 12.6. The van der Waals surface area contributed by atoms with Gasteiger partial charge in [-0.1, -0.05) is 44.4 Å². The highest BCUT2D eigenvalue weighted by Gasteiger charge is 2.45. The third-order valence-electron chi connectivity index (χ3n) is 15.8. The van der Waals surface area contributed by atoms with Crippen LogP contribution in [0.1, 0.15) is 143 Å². The third-order valence-corrected chi connectivity index (χ3v) is 15.8. The molecule has 4 fully saturated rings. The molecule has 0 aromatic rings. The molecule has 6 rings (SSSR count). The number of ketones is 2. The number of Topliss-reactive ketones (excluding diaryl/α,β-unsaturated/α-hetero) is 2. The second-order valence-corrected chi connectivity index (χ2v) is 20.4. The second-order valence-electron chi connectivity index (χ2n) is 20.4. The Balaban J connectivity index is 1.31. The molecule has 10 nitrogen and oxygen atoms in total. The summed E-state index contributed by atoms with van der Waals surface area (Å²) in [6, 6.07) is 0. The summed E-state index contributed by atoms with van der Waals surface area (Å²) in [5.41, 5.74) is 7.35. The highest BCUT2D eigenvalue weighted by Crippen LogP contribution is 2.48. The minimum absolute atomic E-state index is 0.00659. The lowest BCUT2D eigenvalue weighted by Gasteiger charge is -2.44. The quantitative estimate of drug-likeness (QED) is 0.0610. The number of hydrogen-bond donors (Lipinski definition) is 6. The van der Waals surface area contributed by atoms with Crippen LogP contribution in [0.15, 0.2) is 16.8 Å². The van der Waals surface area contributed by atoms with E-state index in [2.05, 4.69) is 42.4 Å². The van der Waals surface area contributed by atoms with Gasteiger partial charge < -0.3 is 36.4 Å². The number of aliphatic imine (C=N–C) groups is 1. The third kappa shape index (κ3) is 13.0. The van der Waals surface area contributed by atoms with Crippen molar-refractivity contribution in [2.75, 3.05) is 26.7 Å². The van der Waals surface area contributed by atoms with Gasteiger partial charge in [0.25, 0.3) is 0 Å². The average molecular weight is 834 g/mol. The van der Waals surface area contributed by atoms with Gasteiger partial charge in [-0.2, -0.15) is 0 Å². The van der Waals surface area contributed by atoms with Crippen LogP contribution in [0.4, 0.5) is 0 Å². The Morgan fingerprint density at radius 2 is 1.78 bits per heavy atom. The van der Waals surface area contributed by atoms with E-state index in [-0.39, 0.29) is 77.6 Å². The van der Waals surface area contributed by atoms with Crippen molar-refractivity contribution in [3.63, 3.8) is 0 Å². The lowest BCUT2D eigenvalue weighted by atomic mass is 9.63. The van der Waals surface area contributed by atoms with Gasteiger partial charge in [-0.3, -0.25) is 9.59 Å². The predicted molar refractivity (Wildman–Crippen MR) is 238 cm³/mol. The number of aliphatic hydroxyl groups excluding tert-OH is 3. The number of hydrogen-bond acceptors (Lipinski definition) is 10. The number of ether oxygens (including phenoxy) is 1. The summed E-state index contributed by atoms with van der Waals surface area (Å²) < 4.78 is 5.77. The van der Waals surface area contributed by atoms with Crippen molar-refractivity contribution >= 4 is 17.8 Å². The number of allylic oxidation sites excluding steroid dienone is 1. The first-order valence-electron chi connectivity index (χ1n) is 24.4. The van der Waals surface area contributed by atoms with Gasteiger partial charge in [-0.05, 0) is 139 Å². The molecule has 7 N–H and O–H groups in total. The van der Waals surface area contributed by atoms with E-state index in [1.807, 2.05) is 6.21 Å². The Kier molecular flexibility index (Phi) is 18.2. The lowest BCUT2D eigenvalue weighted by molar-refractivity contribution is -0.131. The first-order chi connectivity index (χ1) is 28.9. The molecule has 15 unspecified atom stereocenters. The van der Waals surface area contributed by atoms with Gasteiger partial charge in [0.2, 0.25) is 0 Å². The van der Waals surface area contributed by atoms with E-state index >= 15 is 0 Å². The summed E-state index contributed by atoms with van der Waals surface area (Å²) in [7, 11) is 1.68. The van der Waals surface area contributed by atoms with Crippen molar-refractivity contribution in [3.05, 3.63) is 17.7 Å². The second kappa shape index (κ2) is 23.0. The molecule has 6 aliphatic rings. The molecule has 2 heterocycles. The van der Waals surface area contributed by atoms with E-state index in [0.717, 1.165) is 88.9 Å². The number of nitrogens with one attached hydrogen (secondary N) is 2. The zero-order chi connectivity index (χ0) is 42.8. The first kappa shape index (κ1) is 47.4. The maximum absolute atomic E-state index is 14.7. The standard InChI is InChI=1S/C50H81N4O6/c1-5-9-43(46(57)25-40-22-39(30-54-40)31(2)28-52-29-32(3)55)38-20-34(18-33-16-17-53-50(51)21-33)19-36-13-15-42(35-10-7-6-8-11-35)44-27-48(59)49(60-4)24-37(44)12-14-41(56)26-47(58)45(36)23-38/h22,30-38,42-46,48-50,52-53,55,57,59H,5-12,14,16-21,23-29,51H2,1-4H3/q+1. The summed E-state index contributed by atoms with van der Waals surface area (Å²) in [6.07, 6.45) is 18.4. The van der Waals surface area contributed by atoms with E-state index in [1.54, 1.807) is 14.0 Å². The molecule has 0 bridgehead atoms. The average Bonchev–Trinajstić information content (AvgIpc) is 3.61. The van der Waals surface area contributed by atoms with Crippen molar-refractivity contribution in [2.45, 2.75) is 173 Å². The molecule has 60 heavy (non-hydrogen) atoms. The Bertz CT molecular complexity index is 1500. The zero-order valence-corrected chi connectivity index (χ0v) is 37.5. The van der Waals surface area contributed by atoms with Crippen molar-refractivity contribution in [2.24, 2.45) is 75.8 Å². The van der Waals surface area contributed by atoms with Crippen LogP contribution < -0.4 is 16.4 Å². The van der Waals surface area contributed by atoms with Gasteiger partial charge in [-0.15, -0.1) is 4.99 Å². The number of rotatable bonds is 15. The molecule has 2 aliphatic heterocycles. The molecular formula is C50H81N4O6+. The Labute approximate surface area is 362 Å². The summed E-state index contributed by atoms with van der Waals surface area (Å²) in [6.45, 7) is 8.32. The Morgan fingerprint density at radius 3 is 2.52 bits per heavy atom. The highest BCUT2D eigenvalue weighted by molar-refractivity contribution is 6.00. The molecule has 1 saturated heterocycles. The molecule has 4 aliphatic carbocycles. The topological polar surface area (TPSA) is 166 Å². The maximum atomic E-state index is 14.7. The van der Waals surface area contributed by atoms with Crippen LogP contribution >= 0.6 is 0 Å². The van der Waals surface area contributed by atoms with Crippen molar-refractivity contribution in [1.29, 1.82) is 0 Å². The summed E-state index contributed by atoms with van der Waals surface area (Å²) in [4.78, 5) is 33.3. The largest absolute Gasteiger partial charge is 0.392 e. The van der Waals surface area contributed by atoms with E-state index in [1.165, 1.54) is 19.3 Å². The minimum atomic E-state index is -0.610. The molecular weight excluding hydrogens is 753 g/mol. The Morgan fingerprint density at radius 1 is 0.983 bits per heavy atom. The number of methoxy groups -OCH3 is 1. The van der Waals surface area contributed by atoms with Gasteiger partial charge in [0.05, 0.1) is 49.3 Å². The number of carbonyl (C=O) groups excluding carboxylic acids is 2. The van der Waals surface area contributed by atoms with Crippen LogP contribution in [0, 0.1) is 82.9 Å². The number of nitrogens with two attached hydrogens (primary N) is 1. The van der Waals surface area contributed by atoms with Crippen LogP contribution in [-0.4, -0.2) is 90.4 Å². The monoisotopic (exact) mass is 834 g/mol. The van der Waals surface area contributed by atoms with Crippen LogP contribution in [0.25, 0.3) is 0 Å². The van der Waals surface area contributed by atoms with Crippen molar-refractivity contribution in [1.82, 2.24) is 10.6 Å². The van der Waals surface area contributed by atoms with E-state index in [9.17, 15) is 24.9 Å². The maximum Gasteiger partial charge on any atom is 0.177 e. The molecule has 0 aromatic heterocycles. The lowest BCUT2D eigenvalue weighted by Crippen LogP contribution is -2.44. The minimum Gasteiger partial charge on any atom is -0.392 e. The van der Waals surface area contributed by atoms with E-state index in [0.29, 0.717) is 56.4 Å². The van der Waals surface area contributed by atoms with Crippen LogP contribution in [0.2, 0.25) is 0 Å². The number of nitrogens with zero attached hydrogens (tertiary/aromatic N) is 1. The summed E-state index contributed by atoms with van der Waals surface area (Å²) in [5.74, 6) is 10.7. The number of aliphatic hydroxyl groups is 3. The van der Waals surface area contributed by atoms with Gasteiger partial charge in [0.1, 0.15) is 29.8 Å². The molecule has 336 valence electrons. The van der Waals surface area contributed by atoms with Crippen LogP contribution in [0.3, 0.4) is 0 Å². The SMILES string of the molecule is CCCC(C(O)CC1=C[C+](C(C)CNCC(C)O)C=N1)C1CC(CC2CCNC(N)C2)CC2C#CC(C3CCCCC3)C3CC(O)C(OC)CC3CCC(=O)CC(=O)C2C1. The molecule has 10 heteroatoms. The molecule has 0 aromatic carbocycles. The number of piperidine rings is 1. The van der Waals surface area contributed by atoms with E-state index in [4.69, 9.17) is 15.5 Å². The van der Waals surface area contributed by atoms with Gasteiger partial charge in [0.15, 0.2) is 5.70 Å². The molecule has 3 saturated carbocycles. The number of carbonyl (C=O) groups is 2. The summed E-state index contributed by atoms with van der Waals surface area (Å²) >= 11 is 0. The molecule has 0 radical (unpaired) electrons. The fraction of sp³-hybridized carbons (Fsp3) is 0.840. The fourth-order valence-corrected chi connectivity index (χ4v) is 12.6. The van der Waals surface area contributed by atoms with Gasteiger partial charge >= 0.3 is 0 Å².